The summed E-state index contributed by atoms with van der Waals surface area (Å²) in [7, 11) is -2.56. The van der Waals surface area contributed by atoms with Crippen molar-refractivity contribution in [2.24, 2.45) is 0 Å². The van der Waals surface area contributed by atoms with E-state index in [-0.39, 0.29) is 22.0 Å². The molecule has 0 unspecified atom stereocenters. The molecule has 0 atom stereocenters. The zero-order valence-electron chi connectivity index (χ0n) is 12.7. The van der Waals surface area contributed by atoms with Crippen LogP contribution in [0.15, 0.2) is 53.4 Å². The molecule has 0 aliphatic carbocycles. The standard InChI is InChI=1S/C16H16ClNO4S/c1-3-16(19)18(12-9-10-15(22-2)14(17)11-12)23(20,21)13-7-5-4-6-8-13/h4-11H,3H2,1-2H3. The number of halogens is 1. The number of carbonyl (C=O) groups excluding carboxylic acids is 1. The number of hydrogen-bond donors (Lipinski definition) is 0. The molecule has 0 aromatic heterocycles. The van der Waals surface area contributed by atoms with Gasteiger partial charge in [0, 0.05) is 6.42 Å². The van der Waals surface area contributed by atoms with Gasteiger partial charge in [-0.2, -0.15) is 0 Å². The fraction of sp³-hybridized carbons (Fsp3) is 0.188. The number of benzene rings is 2. The zero-order chi connectivity index (χ0) is 17.0. The van der Waals surface area contributed by atoms with E-state index in [2.05, 4.69) is 0 Å². The molecule has 0 spiro atoms. The van der Waals surface area contributed by atoms with E-state index in [9.17, 15) is 13.2 Å². The van der Waals surface area contributed by atoms with Crippen LogP contribution in [0.3, 0.4) is 0 Å². The molecule has 122 valence electrons. The highest BCUT2D eigenvalue weighted by Crippen LogP contribution is 2.32. The van der Waals surface area contributed by atoms with Gasteiger partial charge in [-0.05, 0) is 30.3 Å². The van der Waals surface area contributed by atoms with Crippen LogP contribution in [0.1, 0.15) is 13.3 Å². The van der Waals surface area contributed by atoms with Crippen molar-refractivity contribution in [3.05, 3.63) is 53.6 Å². The number of methoxy groups -OCH3 is 1. The number of ether oxygens (including phenoxy) is 1. The summed E-state index contributed by atoms with van der Waals surface area (Å²) < 4.78 is 31.5. The molecule has 0 heterocycles. The van der Waals surface area contributed by atoms with Crippen LogP contribution in [0, 0.1) is 0 Å². The summed E-state index contributed by atoms with van der Waals surface area (Å²) in [5.74, 6) is -0.147. The van der Waals surface area contributed by atoms with Crippen molar-refractivity contribution in [1.29, 1.82) is 0 Å². The minimum Gasteiger partial charge on any atom is -0.495 e. The summed E-state index contributed by atoms with van der Waals surface area (Å²) >= 11 is 6.06. The molecule has 5 nitrogen and oxygen atoms in total. The predicted octanol–water partition coefficient (Wildman–Crippen LogP) is 3.48. The lowest BCUT2D eigenvalue weighted by atomic mass is 10.3. The van der Waals surface area contributed by atoms with E-state index in [1.54, 1.807) is 25.1 Å². The number of nitrogens with zero attached hydrogens (tertiary/aromatic N) is 1. The summed E-state index contributed by atoms with van der Waals surface area (Å²) in [5, 5.41) is 0.224. The molecule has 0 radical (unpaired) electrons. The molecular formula is C16H16ClNO4S. The van der Waals surface area contributed by atoms with Gasteiger partial charge in [0.25, 0.3) is 10.0 Å². The van der Waals surface area contributed by atoms with Crippen LogP contribution in [0.2, 0.25) is 5.02 Å². The Morgan fingerprint density at radius 1 is 1.17 bits per heavy atom. The third-order valence-corrected chi connectivity index (χ3v) is 5.24. The molecule has 1 amide bonds. The van der Waals surface area contributed by atoms with Gasteiger partial charge in [0.1, 0.15) is 5.75 Å². The van der Waals surface area contributed by atoms with Gasteiger partial charge in [-0.25, -0.2) is 12.7 Å². The predicted molar refractivity (Wildman–Crippen MR) is 89.4 cm³/mol. The molecule has 0 bridgehead atoms. The van der Waals surface area contributed by atoms with Gasteiger partial charge in [0.15, 0.2) is 0 Å². The average molecular weight is 354 g/mol. The van der Waals surface area contributed by atoms with Crippen LogP contribution in [-0.2, 0) is 14.8 Å². The van der Waals surface area contributed by atoms with Crippen LogP contribution in [0.25, 0.3) is 0 Å². The van der Waals surface area contributed by atoms with E-state index in [1.165, 1.54) is 37.4 Å². The van der Waals surface area contributed by atoms with E-state index in [1.807, 2.05) is 0 Å². The van der Waals surface area contributed by atoms with E-state index in [4.69, 9.17) is 16.3 Å². The maximum Gasteiger partial charge on any atom is 0.270 e. The lowest BCUT2D eigenvalue weighted by Gasteiger charge is -2.22. The Bertz CT molecular complexity index is 806. The van der Waals surface area contributed by atoms with Gasteiger partial charge in [0.05, 0.1) is 22.7 Å². The maximum atomic E-state index is 12.8. The van der Waals surface area contributed by atoms with Gasteiger partial charge in [0.2, 0.25) is 5.91 Å². The second kappa shape index (κ2) is 7.02. The fourth-order valence-electron chi connectivity index (χ4n) is 2.04. The molecule has 0 N–H and O–H groups in total. The van der Waals surface area contributed by atoms with Gasteiger partial charge in [-0.1, -0.05) is 36.7 Å². The third-order valence-electron chi connectivity index (χ3n) is 3.18. The highest BCUT2D eigenvalue weighted by atomic mass is 35.5. The third kappa shape index (κ3) is 3.48. The summed E-state index contributed by atoms with van der Waals surface area (Å²) in [5.41, 5.74) is 0.173. The molecule has 23 heavy (non-hydrogen) atoms. The Morgan fingerprint density at radius 2 is 1.83 bits per heavy atom. The Kier molecular flexibility index (Phi) is 5.28. The van der Waals surface area contributed by atoms with Crippen molar-refractivity contribution in [3.63, 3.8) is 0 Å². The lowest BCUT2D eigenvalue weighted by molar-refractivity contribution is -0.117. The Hall–Kier alpha value is -2.05. The van der Waals surface area contributed by atoms with Crippen molar-refractivity contribution >= 4 is 33.2 Å². The molecule has 2 aromatic carbocycles. The zero-order valence-corrected chi connectivity index (χ0v) is 14.3. The first-order chi connectivity index (χ1) is 10.9. The normalized spacial score (nSPS) is 11.1. The SMILES string of the molecule is CCC(=O)N(c1ccc(OC)c(Cl)c1)S(=O)(=O)c1ccccc1. The topological polar surface area (TPSA) is 63.7 Å². The van der Waals surface area contributed by atoms with Crippen LogP contribution < -0.4 is 9.04 Å². The molecule has 0 saturated heterocycles. The molecule has 2 aromatic rings. The molecular weight excluding hydrogens is 338 g/mol. The molecule has 2 rings (SSSR count). The minimum atomic E-state index is -4.02. The number of carbonyl (C=O) groups is 1. The number of amides is 1. The molecule has 0 aliphatic heterocycles. The first-order valence-corrected chi connectivity index (χ1v) is 8.70. The van der Waals surface area contributed by atoms with Crippen LogP contribution in [0.5, 0.6) is 5.75 Å². The highest BCUT2D eigenvalue weighted by Gasteiger charge is 2.30. The van der Waals surface area contributed by atoms with Crippen molar-refractivity contribution in [2.75, 3.05) is 11.4 Å². The number of sulfonamides is 1. The fourth-order valence-corrected chi connectivity index (χ4v) is 3.79. The highest BCUT2D eigenvalue weighted by molar-refractivity contribution is 7.93. The quantitative estimate of drug-likeness (QED) is 0.825. The van der Waals surface area contributed by atoms with Crippen LogP contribution in [-0.4, -0.2) is 21.4 Å². The minimum absolute atomic E-state index is 0.0359. The summed E-state index contributed by atoms with van der Waals surface area (Å²) in [6.07, 6.45) is 0.0374. The largest absolute Gasteiger partial charge is 0.495 e. The van der Waals surface area contributed by atoms with Gasteiger partial charge < -0.3 is 4.74 Å². The maximum absolute atomic E-state index is 12.8. The number of anilines is 1. The number of rotatable bonds is 5. The second-order valence-corrected chi connectivity index (χ2v) is 6.84. The molecule has 0 aliphatic rings. The second-order valence-electron chi connectivity index (χ2n) is 4.65. The summed E-state index contributed by atoms with van der Waals surface area (Å²) in [6.45, 7) is 1.60. The average Bonchev–Trinajstić information content (AvgIpc) is 2.55. The van der Waals surface area contributed by atoms with Gasteiger partial charge in [-0.3, -0.25) is 4.79 Å². The van der Waals surface area contributed by atoms with Crippen molar-refractivity contribution < 1.29 is 17.9 Å². The van der Waals surface area contributed by atoms with Crippen molar-refractivity contribution in [3.8, 4) is 5.75 Å². The first-order valence-electron chi connectivity index (χ1n) is 6.88. The lowest BCUT2D eigenvalue weighted by Crippen LogP contribution is -2.36. The Morgan fingerprint density at radius 3 is 2.35 bits per heavy atom. The van der Waals surface area contributed by atoms with E-state index < -0.39 is 15.9 Å². The molecule has 0 fully saturated rings. The summed E-state index contributed by atoms with van der Waals surface area (Å²) in [6, 6.07) is 12.2. The first kappa shape index (κ1) is 17.3. The van der Waals surface area contributed by atoms with Gasteiger partial charge in [-0.15, -0.1) is 0 Å². The van der Waals surface area contributed by atoms with E-state index in [0.29, 0.717) is 5.75 Å². The summed E-state index contributed by atoms with van der Waals surface area (Å²) in [4.78, 5) is 12.3. The van der Waals surface area contributed by atoms with E-state index in [0.717, 1.165) is 4.31 Å². The molecule has 0 saturated carbocycles. The number of hydrogen-bond acceptors (Lipinski definition) is 4. The van der Waals surface area contributed by atoms with Crippen molar-refractivity contribution in [2.45, 2.75) is 18.2 Å². The smallest absolute Gasteiger partial charge is 0.270 e. The van der Waals surface area contributed by atoms with E-state index >= 15 is 0 Å². The Balaban J connectivity index is 2.59. The molecule has 7 heteroatoms. The Labute approximate surface area is 140 Å². The van der Waals surface area contributed by atoms with Crippen LogP contribution in [0.4, 0.5) is 5.69 Å². The monoisotopic (exact) mass is 353 g/mol. The van der Waals surface area contributed by atoms with Crippen LogP contribution >= 0.6 is 11.6 Å². The van der Waals surface area contributed by atoms with Crippen molar-refractivity contribution in [1.82, 2.24) is 0 Å². The van der Waals surface area contributed by atoms with Gasteiger partial charge >= 0.3 is 0 Å².